The molecule has 3 N–H and O–H groups in total. The standard InChI is InChI=1S/C10H14N6O/c1-6-4-5-16(12-6)10-8(9(11)14-17)7(2)13-15(10)3/h4-5,17H,1-3H3,(H2,11,14). The van der Waals surface area contributed by atoms with Gasteiger partial charge in [0.05, 0.1) is 17.0 Å². The van der Waals surface area contributed by atoms with Crippen molar-refractivity contribution in [3.8, 4) is 5.82 Å². The summed E-state index contributed by atoms with van der Waals surface area (Å²) >= 11 is 0. The SMILES string of the molecule is Cc1ccn(-c2c(C(N)=NO)c(C)nn2C)n1. The fourth-order valence-electron chi connectivity index (χ4n) is 1.79. The van der Waals surface area contributed by atoms with Gasteiger partial charge < -0.3 is 10.9 Å². The molecule has 0 aliphatic carbocycles. The number of rotatable bonds is 2. The number of nitrogens with zero attached hydrogens (tertiary/aromatic N) is 5. The number of hydrogen-bond donors (Lipinski definition) is 2. The van der Waals surface area contributed by atoms with E-state index in [1.54, 1.807) is 29.5 Å². The van der Waals surface area contributed by atoms with Crippen molar-refractivity contribution in [2.75, 3.05) is 0 Å². The maximum Gasteiger partial charge on any atom is 0.175 e. The Morgan fingerprint density at radius 1 is 1.41 bits per heavy atom. The Kier molecular flexibility index (Phi) is 2.58. The van der Waals surface area contributed by atoms with Gasteiger partial charge in [-0.3, -0.25) is 4.68 Å². The Bertz CT molecular complexity index is 580. The number of oxime groups is 1. The van der Waals surface area contributed by atoms with E-state index in [9.17, 15) is 0 Å². The average Bonchev–Trinajstić information content (AvgIpc) is 2.81. The van der Waals surface area contributed by atoms with Crippen LogP contribution in [0.2, 0.25) is 0 Å². The summed E-state index contributed by atoms with van der Waals surface area (Å²) in [5, 5.41) is 20.4. The molecule has 2 heterocycles. The lowest BCUT2D eigenvalue weighted by Crippen LogP contribution is -2.17. The fraction of sp³-hybridized carbons (Fsp3) is 0.300. The molecule has 0 amide bonds. The Balaban J connectivity index is 2.68. The normalized spacial score (nSPS) is 12.1. The molecule has 0 fully saturated rings. The molecular weight excluding hydrogens is 220 g/mol. The van der Waals surface area contributed by atoms with Crippen molar-refractivity contribution >= 4 is 5.84 Å². The molecule has 0 spiro atoms. The van der Waals surface area contributed by atoms with E-state index < -0.39 is 0 Å². The van der Waals surface area contributed by atoms with Crippen molar-refractivity contribution in [1.82, 2.24) is 19.6 Å². The van der Waals surface area contributed by atoms with Gasteiger partial charge >= 0.3 is 0 Å². The minimum atomic E-state index is 0.0266. The third kappa shape index (κ3) is 1.75. The van der Waals surface area contributed by atoms with E-state index in [2.05, 4.69) is 15.4 Å². The van der Waals surface area contributed by atoms with E-state index in [1.807, 2.05) is 13.0 Å². The molecule has 2 rings (SSSR count). The molecule has 2 aromatic heterocycles. The first kappa shape index (κ1) is 11.2. The van der Waals surface area contributed by atoms with Crippen molar-refractivity contribution in [1.29, 1.82) is 0 Å². The van der Waals surface area contributed by atoms with E-state index >= 15 is 0 Å². The highest BCUT2D eigenvalue weighted by molar-refractivity contribution is 6.00. The molecule has 0 radical (unpaired) electrons. The zero-order valence-electron chi connectivity index (χ0n) is 9.92. The van der Waals surface area contributed by atoms with Crippen LogP contribution in [0.3, 0.4) is 0 Å². The van der Waals surface area contributed by atoms with Crippen LogP contribution < -0.4 is 5.73 Å². The second-order valence-corrected chi connectivity index (χ2v) is 3.79. The summed E-state index contributed by atoms with van der Waals surface area (Å²) in [6, 6.07) is 1.87. The molecule has 0 aromatic carbocycles. The van der Waals surface area contributed by atoms with Gasteiger partial charge in [-0.2, -0.15) is 10.2 Å². The van der Waals surface area contributed by atoms with E-state index in [1.165, 1.54) is 0 Å². The van der Waals surface area contributed by atoms with Gasteiger partial charge in [-0.25, -0.2) is 4.68 Å². The summed E-state index contributed by atoms with van der Waals surface area (Å²) in [7, 11) is 1.79. The predicted octanol–water partition coefficient (Wildman–Crippen LogP) is 0.317. The summed E-state index contributed by atoms with van der Waals surface area (Å²) < 4.78 is 3.30. The van der Waals surface area contributed by atoms with Gasteiger partial charge in [0.2, 0.25) is 0 Å². The summed E-state index contributed by atoms with van der Waals surface area (Å²) in [5.41, 5.74) is 7.81. The minimum Gasteiger partial charge on any atom is -0.409 e. The zero-order chi connectivity index (χ0) is 12.6. The van der Waals surface area contributed by atoms with Gasteiger partial charge in [0, 0.05) is 13.2 Å². The van der Waals surface area contributed by atoms with Gasteiger partial charge in [-0.1, -0.05) is 5.16 Å². The minimum absolute atomic E-state index is 0.0266. The second-order valence-electron chi connectivity index (χ2n) is 3.79. The van der Waals surface area contributed by atoms with Crippen molar-refractivity contribution in [2.45, 2.75) is 13.8 Å². The van der Waals surface area contributed by atoms with Crippen LogP contribution in [0.4, 0.5) is 0 Å². The molecule has 0 unspecified atom stereocenters. The van der Waals surface area contributed by atoms with Crippen molar-refractivity contribution < 1.29 is 5.21 Å². The second kappa shape index (κ2) is 3.93. The molecule has 90 valence electrons. The first-order chi connectivity index (χ1) is 8.04. The van der Waals surface area contributed by atoms with Gasteiger partial charge in [0.1, 0.15) is 0 Å². The maximum atomic E-state index is 8.79. The highest BCUT2D eigenvalue weighted by atomic mass is 16.4. The number of amidine groups is 1. The molecule has 2 aromatic rings. The highest BCUT2D eigenvalue weighted by Gasteiger charge is 2.19. The maximum absolute atomic E-state index is 8.79. The molecule has 0 saturated carbocycles. The van der Waals surface area contributed by atoms with E-state index in [-0.39, 0.29) is 5.84 Å². The number of aromatic nitrogens is 4. The van der Waals surface area contributed by atoms with Gasteiger partial charge in [-0.15, -0.1) is 0 Å². The Hall–Kier alpha value is -2.31. The molecule has 0 atom stereocenters. The van der Waals surface area contributed by atoms with E-state index in [0.717, 1.165) is 5.69 Å². The zero-order valence-corrected chi connectivity index (χ0v) is 9.92. The molecule has 7 heteroatoms. The number of aryl methyl sites for hydroxylation is 3. The van der Waals surface area contributed by atoms with Crippen LogP contribution in [0, 0.1) is 13.8 Å². The first-order valence-corrected chi connectivity index (χ1v) is 5.08. The van der Waals surface area contributed by atoms with Gasteiger partial charge in [-0.05, 0) is 19.9 Å². The number of nitrogens with two attached hydrogens (primary N) is 1. The molecule has 17 heavy (non-hydrogen) atoms. The molecule has 0 saturated heterocycles. The van der Waals surface area contributed by atoms with Crippen LogP contribution in [0.15, 0.2) is 17.4 Å². The largest absolute Gasteiger partial charge is 0.409 e. The fourth-order valence-corrected chi connectivity index (χ4v) is 1.79. The van der Waals surface area contributed by atoms with Crippen molar-refractivity contribution in [2.24, 2.45) is 17.9 Å². The summed E-state index contributed by atoms with van der Waals surface area (Å²) in [6.45, 7) is 3.69. The lowest BCUT2D eigenvalue weighted by molar-refractivity contribution is 0.318. The third-order valence-electron chi connectivity index (χ3n) is 2.50. The summed E-state index contributed by atoms with van der Waals surface area (Å²) in [5.74, 6) is 0.699. The quantitative estimate of drug-likeness (QED) is 0.338. The summed E-state index contributed by atoms with van der Waals surface area (Å²) in [4.78, 5) is 0. The Morgan fingerprint density at radius 3 is 2.65 bits per heavy atom. The van der Waals surface area contributed by atoms with Crippen LogP contribution in [0.25, 0.3) is 5.82 Å². The topological polar surface area (TPSA) is 94.3 Å². The predicted molar refractivity (Wildman–Crippen MR) is 62.3 cm³/mol. The van der Waals surface area contributed by atoms with Crippen LogP contribution in [0.5, 0.6) is 0 Å². The third-order valence-corrected chi connectivity index (χ3v) is 2.50. The van der Waals surface area contributed by atoms with Crippen LogP contribution in [-0.4, -0.2) is 30.6 Å². The lowest BCUT2D eigenvalue weighted by Gasteiger charge is -2.05. The molecule has 0 bridgehead atoms. The average molecular weight is 234 g/mol. The smallest absolute Gasteiger partial charge is 0.175 e. The first-order valence-electron chi connectivity index (χ1n) is 5.08. The van der Waals surface area contributed by atoms with Crippen LogP contribution in [-0.2, 0) is 7.05 Å². The van der Waals surface area contributed by atoms with Gasteiger partial charge in [0.25, 0.3) is 0 Å². The van der Waals surface area contributed by atoms with Crippen LogP contribution >= 0.6 is 0 Å². The monoisotopic (exact) mass is 234 g/mol. The van der Waals surface area contributed by atoms with Gasteiger partial charge in [0.15, 0.2) is 11.7 Å². The summed E-state index contributed by atoms with van der Waals surface area (Å²) in [6.07, 6.45) is 1.81. The van der Waals surface area contributed by atoms with E-state index in [0.29, 0.717) is 17.1 Å². The Labute approximate surface area is 98.1 Å². The lowest BCUT2D eigenvalue weighted by atomic mass is 10.2. The highest BCUT2D eigenvalue weighted by Crippen LogP contribution is 2.17. The van der Waals surface area contributed by atoms with Crippen LogP contribution in [0.1, 0.15) is 17.0 Å². The Morgan fingerprint density at radius 2 is 2.12 bits per heavy atom. The molecule has 0 aliphatic heterocycles. The van der Waals surface area contributed by atoms with Crippen molar-refractivity contribution in [3.05, 3.63) is 29.2 Å². The van der Waals surface area contributed by atoms with E-state index in [4.69, 9.17) is 10.9 Å². The molecule has 7 nitrogen and oxygen atoms in total. The van der Waals surface area contributed by atoms with Crippen molar-refractivity contribution in [3.63, 3.8) is 0 Å². The molecule has 0 aliphatic rings. The molecular formula is C10H14N6O. The number of hydrogen-bond acceptors (Lipinski definition) is 4.